The third-order valence-corrected chi connectivity index (χ3v) is 5.39. The van der Waals surface area contributed by atoms with Crippen LogP contribution in [0.3, 0.4) is 0 Å². The van der Waals surface area contributed by atoms with E-state index in [2.05, 4.69) is 60.1 Å². The molecule has 1 heterocycles. The van der Waals surface area contributed by atoms with Crippen LogP contribution in [0.2, 0.25) is 0 Å². The van der Waals surface area contributed by atoms with Crippen molar-refractivity contribution < 1.29 is 0 Å². The van der Waals surface area contributed by atoms with Gasteiger partial charge in [-0.05, 0) is 24.0 Å². The molecule has 1 aromatic rings. The number of nitrogens with one attached hydrogen (secondary N) is 1. The van der Waals surface area contributed by atoms with Crippen molar-refractivity contribution in [1.82, 2.24) is 10.2 Å². The average molecular weight is 290 g/mol. The van der Waals surface area contributed by atoms with E-state index in [0.29, 0.717) is 0 Å². The molecule has 0 radical (unpaired) electrons. The molecule has 3 heteroatoms. The third-order valence-electron chi connectivity index (χ3n) is 4.17. The molecule has 2 atom stereocenters. The fourth-order valence-electron chi connectivity index (χ4n) is 3.08. The van der Waals surface area contributed by atoms with Gasteiger partial charge >= 0.3 is 0 Å². The smallest absolute Gasteiger partial charge is 0.0237 e. The summed E-state index contributed by atoms with van der Waals surface area (Å²) in [6, 6.07) is 9.73. The van der Waals surface area contributed by atoms with Crippen LogP contribution in [0, 0.1) is 0 Å². The van der Waals surface area contributed by atoms with Crippen LogP contribution in [-0.2, 0) is 13.1 Å². The van der Waals surface area contributed by atoms with Crippen LogP contribution in [0.1, 0.15) is 37.8 Å². The molecule has 1 saturated carbocycles. The van der Waals surface area contributed by atoms with E-state index in [1.165, 1.54) is 37.1 Å². The molecule has 0 spiro atoms. The minimum absolute atomic E-state index is 0.760. The van der Waals surface area contributed by atoms with E-state index >= 15 is 0 Å². The Morgan fingerprint density at radius 3 is 2.40 bits per heavy atom. The van der Waals surface area contributed by atoms with Gasteiger partial charge in [0.25, 0.3) is 0 Å². The van der Waals surface area contributed by atoms with Crippen molar-refractivity contribution in [2.45, 2.75) is 56.3 Å². The van der Waals surface area contributed by atoms with Crippen LogP contribution in [-0.4, -0.2) is 34.5 Å². The molecule has 1 aliphatic carbocycles. The second-order valence-corrected chi connectivity index (χ2v) is 8.26. The van der Waals surface area contributed by atoms with E-state index in [1.54, 1.807) is 0 Å². The first-order valence-corrected chi connectivity index (χ1v) is 8.83. The van der Waals surface area contributed by atoms with Crippen LogP contribution in [0.4, 0.5) is 0 Å². The molecule has 2 aliphatic rings. The number of thioether (sulfide) groups is 1. The van der Waals surface area contributed by atoms with E-state index in [1.807, 2.05) is 0 Å². The summed E-state index contributed by atoms with van der Waals surface area (Å²) in [6.45, 7) is 9.30. The molecule has 2 nitrogen and oxygen atoms in total. The van der Waals surface area contributed by atoms with E-state index in [0.717, 1.165) is 29.6 Å². The third kappa shape index (κ3) is 4.00. The molecule has 1 aromatic carbocycles. The van der Waals surface area contributed by atoms with Crippen LogP contribution < -0.4 is 5.32 Å². The summed E-state index contributed by atoms with van der Waals surface area (Å²) in [4.78, 5) is 2.63. The second-order valence-electron chi connectivity index (χ2n) is 6.38. The Morgan fingerprint density at radius 1 is 1.10 bits per heavy atom. The first-order valence-electron chi connectivity index (χ1n) is 7.88. The number of nitrogens with zero attached hydrogens (tertiary/aromatic N) is 1. The van der Waals surface area contributed by atoms with E-state index in [4.69, 9.17) is 0 Å². The van der Waals surface area contributed by atoms with Gasteiger partial charge in [0, 0.05) is 42.7 Å². The summed E-state index contributed by atoms with van der Waals surface area (Å²) in [5.41, 5.74) is 2.99. The molecular weight excluding hydrogens is 264 g/mol. The quantitative estimate of drug-likeness (QED) is 0.896. The lowest BCUT2D eigenvalue weighted by atomic mass is 10.1. The van der Waals surface area contributed by atoms with Gasteiger partial charge in [-0.3, -0.25) is 4.90 Å². The molecular formula is C17H26N2S. The summed E-state index contributed by atoms with van der Waals surface area (Å²) in [7, 11) is 0. The zero-order valence-electron chi connectivity index (χ0n) is 12.6. The zero-order valence-corrected chi connectivity index (χ0v) is 13.5. The maximum Gasteiger partial charge on any atom is 0.0237 e. The highest BCUT2D eigenvalue weighted by Crippen LogP contribution is 2.26. The van der Waals surface area contributed by atoms with Crippen LogP contribution in [0.5, 0.6) is 0 Å². The zero-order chi connectivity index (χ0) is 13.9. The predicted molar refractivity (Wildman–Crippen MR) is 88.1 cm³/mol. The normalized spacial score (nSPS) is 27.7. The molecule has 1 saturated heterocycles. The topological polar surface area (TPSA) is 15.3 Å². The van der Waals surface area contributed by atoms with Gasteiger partial charge in [0.1, 0.15) is 0 Å². The predicted octanol–water partition coefficient (Wildman–Crippen LogP) is 3.26. The summed E-state index contributed by atoms with van der Waals surface area (Å²) < 4.78 is 0. The minimum atomic E-state index is 0.760. The molecule has 0 aromatic heterocycles. The van der Waals surface area contributed by atoms with Gasteiger partial charge in [-0.1, -0.05) is 38.1 Å². The Hall–Kier alpha value is -0.510. The molecule has 110 valence electrons. The minimum Gasteiger partial charge on any atom is -0.310 e. The van der Waals surface area contributed by atoms with Crippen molar-refractivity contribution in [3.63, 3.8) is 0 Å². The highest BCUT2D eigenvalue weighted by atomic mass is 32.2. The Kier molecular flexibility index (Phi) is 4.69. The van der Waals surface area contributed by atoms with Crippen molar-refractivity contribution in [2.75, 3.05) is 13.1 Å². The fourth-order valence-corrected chi connectivity index (χ4v) is 4.47. The molecule has 3 rings (SSSR count). The number of hydrogen-bond acceptors (Lipinski definition) is 3. The van der Waals surface area contributed by atoms with Crippen molar-refractivity contribution in [3.8, 4) is 0 Å². The van der Waals surface area contributed by atoms with Crippen molar-refractivity contribution in [2.24, 2.45) is 0 Å². The van der Waals surface area contributed by atoms with Gasteiger partial charge in [-0.2, -0.15) is 11.8 Å². The molecule has 2 unspecified atom stereocenters. The van der Waals surface area contributed by atoms with E-state index in [9.17, 15) is 0 Å². The van der Waals surface area contributed by atoms with Gasteiger partial charge in [-0.15, -0.1) is 0 Å². The molecule has 2 fully saturated rings. The summed E-state index contributed by atoms with van der Waals surface area (Å²) in [5.74, 6) is 0. The van der Waals surface area contributed by atoms with Gasteiger partial charge in [0.2, 0.25) is 0 Å². The lowest BCUT2D eigenvalue weighted by Crippen LogP contribution is -2.40. The summed E-state index contributed by atoms with van der Waals surface area (Å²) in [5, 5.41) is 5.16. The van der Waals surface area contributed by atoms with Crippen molar-refractivity contribution in [3.05, 3.63) is 35.4 Å². The first-order chi connectivity index (χ1) is 9.70. The average Bonchev–Trinajstić information content (AvgIpc) is 3.20. The first kappa shape index (κ1) is 14.4. The van der Waals surface area contributed by atoms with Crippen LogP contribution in [0.15, 0.2) is 24.3 Å². The molecule has 1 aliphatic heterocycles. The Balaban J connectivity index is 1.63. The number of hydrogen-bond donors (Lipinski definition) is 1. The van der Waals surface area contributed by atoms with Crippen LogP contribution in [0.25, 0.3) is 0 Å². The monoisotopic (exact) mass is 290 g/mol. The Bertz CT molecular complexity index is 434. The Morgan fingerprint density at radius 2 is 1.75 bits per heavy atom. The van der Waals surface area contributed by atoms with E-state index < -0.39 is 0 Å². The summed E-state index contributed by atoms with van der Waals surface area (Å²) >= 11 is 2.13. The molecule has 1 N–H and O–H groups in total. The van der Waals surface area contributed by atoms with Gasteiger partial charge in [-0.25, -0.2) is 0 Å². The van der Waals surface area contributed by atoms with Gasteiger partial charge in [0.15, 0.2) is 0 Å². The fraction of sp³-hybridized carbons (Fsp3) is 0.647. The Labute approximate surface area is 127 Å². The summed E-state index contributed by atoms with van der Waals surface area (Å²) in [6.07, 6.45) is 2.72. The van der Waals surface area contributed by atoms with Gasteiger partial charge < -0.3 is 5.32 Å². The largest absolute Gasteiger partial charge is 0.310 e. The standard InChI is InChI=1S/C17H26N2S/c1-13-10-19(11-14(2)20-13)12-16-6-4-3-5-15(16)9-18-17-7-8-17/h3-6,13-14,17-18H,7-12H2,1-2H3. The van der Waals surface area contributed by atoms with Gasteiger partial charge in [0.05, 0.1) is 0 Å². The maximum absolute atomic E-state index is 3.65. The van der Waals surface area contributed by atoms with Crippen molar-refractivity contribution in [1.29, 1.82) is 0 Å². The lowest BCUT2D eigenvalue weighted by molar-refractivity contribution is 0.262. The maximum atomic E-state index is 3.65. The van der Waals surface area contributed by atoms with E-state index in [-0.39, 0.29) is 0 Å². The van der Waals surface area contributed by atoms with Crippen LogP contribution >= 0.6 is 11.8 Å². The molecule has 0 amide bonds. The molecule has 20 heavy (non-hydrogen) atoms. The lowest BCUT2D eigenvalue weighted by Gasteiger charge is -2.35. The number of benzene rings is 1. The number of rotatable bonds is 5. The van der Waals surface area contributed by atoms with Crippen molar-refractivity contribution >= 4 is 11.8 Å². The highest BCUT2D eigenvalue weighted by Gasteiger charge is 2.23. The molecule has 0 bridgehead atoms. The highest BCUT2D eigenvalue weighted by molar-refractivity contribution is 8.00. The SMILES string of the molecule is CC1CN(Cc2ccccc2CNC2CC2)CC(C)S1. The second kappa shape index (κ2) is 6.50.